The molecule has 1 unspecified atom stereocenters. The Morgan fingerprint density at radius 2 is 1.21 bits per heavy atom. The van der Waals surface area contributed by atoms with Gasteiger partial charge < -0.3 is 5.11 Å². The molecule has 0 saturated carbocycles. The van der Waals surface area contributed by atoms with Gasteiger partial charge in [-0.05, 0) is 35.4 Å². The van der Waals surface area contributed by atoms with Crippen LogP contribution < -0.4 is 0 Å². The number of hydrogen-bond donors (Lipinski definition) is 1. The van der Waals surface area contributed by atoms with Crippen LogP contribution in [0.2, 0.25) is 0 Å². The summed E-state index contributed by atoms with van der Waals surface area (Å²) in [4.78, 5) is 2.28. The van der Waals surface area contributed by atoms with E-state index in [1.54, 1.807) is 6.07 Å². The topological polar surface area (TPSA) is 23.5 Å². The standard InChI is InChI=1S/C27H25NO/c1-28(20-21-10-4-2-5-11-21)27(25-14-8-9-15-26(25)29)24-18-16-23(17-19-24)22-12-6-3-7-13-22/h2-19,27,29H,20H2,1H3. The van der Waals surface area contributed by atoms with Crippen LogP contribution in [0.4, 0.5) is 0 Å². The fourth-order valence-electron chi connectivity index (χ4n) is 3.84. The number of benzene rings is 4. The molecule has 2 nitrogen and oxygen atoms in total. The van der Waals surface area contributed by atoms with Crippen LogP contribution in [-0.4, -0.2) is 17.1 Å². The number of phenolic OH excluding ortho intramolecular Hbond substituents is 1. The molecule has 0 heterocycles. The molecular weight excluding hydrogens is 354 g/mol. The summed E-state index contributed by atoms with van der Waals surface area (Å²) in [6.07, 6.45) is 0. The summed E-state index contributed by atoms with van der Waals surface area (Å²) < 4.78 is 0. The van der Waals surface area contributed by atoms with Crippen molar-refractivity contribution in [1.82, 2.24) is 4.90 Å². The Labute approximate surface area is 172 Å². The summed E-state index contributed by atoms with van der Waals surface area (Å²) >= 11 is 0. The predicted molar refractivity (Wildman–Crippen MR) is 120 cm³/mol. The van der Waals surface area contributed by atoms with Gasteiger partial charge in [-0.2, -0.15) is 0 Å². The third kappa shape index (κ3) is 4.39. The minimum Gasteiger partial charge on any atom is -0.508 e. The fourth-order valence-corrected chi connectivity index (χ4v) is 3.84. The van der Waals surface area contributed by atoms with E-state index < -0.39 is 0 Å². The predicted octanol–water partition coefficient (Wildman–Crippen LogP) is 6.28. The number of aromatic hydroxyl groups is 1. The van der Waals surface area contributed by atoms with Crippen molar-refractivity contribution < 1.29 is 5.11 Å². The maximum absolute atomic E-state index is 10.6. The van der Waals surface area contributed by atoms with E-state index in [2.05, 4.69) is 84.7 Å². The monoisotopic (exact) mass is 379 g/mol. The van der Waals surface area contributed by atoms with Gasteiger partial charge in [-0.25, -0.2) is 0 Å². The first kappa shape index (κ1) is 19.0. The molecule has 4 aromatic rings. The molecule has 4 aromatic carbocycles. The van der Waals surface area contributed by atoms with Crippen LogP contribution in [0.1, 0.15) is 22.7 Å². The molecule has 0 aliphatic rings. The summed E-state index contributed by atoms with van der Waals surface area (Å²) in [6, 6.07) is 37.1. The van der Waals surface area contributed by atoms with Crippen molar-refractivity contribution >= 4 is 0 Å². The number of para-hydroxylation sites is 1. The van der Waals surface area contributed by atoms with Gasteiger partial charge in [0.15, 0.2) is 0 Å². The quantitative estimate of drug-likeness (QED) is 0.426. The Kier molecular flexibility index (Phi) is 5.73. The molecule has 0 aliphatic heterocycles. The van der Waals surface area contributed by atoms with Gasteiger partial charge in [0.2, 0.25) is 0 Å². The molecule has 1 atom stereocenters. The maximum Gasteiger partial charge on any atom is 0.120 e. The van der Waals surface area contributed by atoms with E-state index >= 15 is 0 Å². The fraction of sp³-hybridized carbons (Fsp3) is 0.111. The first-order chi connectivity index (χ1) is 14.2. The third-order valence-electron chi connectivity index (χ3n) is 5.28. The van der Waals surface area contributed by atoms with Crippen LogP contribution in [0, 0.1) is 0 Å². The highest BCUT2D eigenvalue weighted by molar-refractivity contribution is 5.63. The van der Waals surface area contributed by atoms with Crippen LogP contribution in [0.15, 0.2) is 109 Å². The maximum atomic E-state index is 10.6. The van der Waals surface area contributed by atoms with Crippen LogP contribution in [0.3, 0.4) is 0 Å². The molecule has 29 heavy (non-hydrogen) atoms. The van der Waals surface area contributed by atoms with Gasteiger partial charge in [0, 0.05) is 12.1 Å². The second-order valence-electron chi connectivity index (χ2n) is 7.35. The van der Waals surface area contributed by atoms with Gasteiger partial charge in [-0.1, -0.05) is 103 Å². The Bertz CT molecular complexity index is 1040. The van der Waals surface area contributed by atoms with E-state index in [1.165, 1.54) is 16.7 Å². The zero-order valence-corrected chi connectivity index (χ0v) is 16.6. The average molecular weight is 380 g/mol. The summed E-state index contributed by atoms with van der Waals surface area (Å²) in [6.45, 7) is 0.792. The molecule has 0 radical (unpaired) electrons. The van der Waals surface area contributed by atoms with Gasteiger partial charge in [0.1, 0.15) is 5.75 Å². The van der Waals surface area contributed by atoms with Crippen LogP contribution in [0.25, 0.3) is 11.1 Å². The van der Waals surface area contributed by atoms with Crippen molar-refractivity contribution in [1.29, 1.82) is 0 Å². The van der Waals surface area contributed by atoms with E-state index in [9.17, 15) is 5.11 Å². The number of rotatable bonds is 6. The van der Waals surface area contributed by atoms with Crippen molar-refractivity contribution in [3.05, 3.63) is 126 Å². The van der Waals surface area contributed by atoms with Crippen molar-refractivity contribution in [2.45, 2.75) is 12.6 Å². The van der Waals surface area contributed by atoms with Gasteiger partial charge in [0.05, 0.1) is 6.04 Å². The molecular formula is C27H25NO. The highest BCUT2D eigenvalue weighted by Gasteiger charge is 2.22. The largest absolute Gasteiger partial charge is 0.508 e. The Balaban J connectivity index is 1.69. The number of phenols is 1. The molecule has 0 bridgehead atoms. The van der Waals surface area contributed by atoms with Gasteiger partial charge in [-0.15, -0.1) is 0 Å². The SMILES string of the molecule is CN(Cc1ccccc1)C(c1ccc(-c2ccccc2)cc1)c1ccccc1O. The van der Waals surface area contributed by atoms with Gasteiger partial charge in [0.25, 0.3) is 0 Å². The molecule has 4 rings (SSSR count). The van der Waals surface area contributed by atoms with E-state index in [4.69, 9.17) is 0 Å². The highest BCUT2D eigenvalue weighted by Crippen LogP contribution is 2.35. The van der Waals surface area contributed by atoms with Crippen molar-refractivity contribution in [2.75, 3.05) is 7.05 Å². The van der Waals surface area contributed by atoms with Crippen molar-refractivity contribution in [2.24, 2.45) is 0 Å². The molecule has 0 saturated heterocycles. The zero-order chi connectivity index (χ0) is 20.1. The Hall–Kier alpha value is -3.36. The van der Waals surface area contributed by atoms with Crippen LogP contribution in [0.5, 0.6) is 5.75 Å². The lowest BCUT2D eigenvalue weighted by Gasteiger charge is -2.30. The molecule has 0 amide bonds. The molecule has 0 spiro atoms. The third-order valence-corrected chi connectivity index (χ3v) is 5.28. The summed E-state index contributed by atoms with van der Waals surface area (Å²) in [5, 5.41) is 10.6. The first-order valence-electron chi connectivity index (χ1n) is 9.90. The lowest BCUT2D eigenvalue weighted by molar-refractivity contribution is 0.265. The molecule has 144 valence electrons. The molecule has 0 aliphatic carbocycles. The smallest absolute Gasteiger partial charge is 0.120 e. The first-order valence-corrected chi connectivity index (χ1v) is 9.90. The van der Waals surface area contributed by atoms with E-state index in [1.807, 2.05) is 30.3 Å². The van der Waals surface area contributed by atoms with Crippen LogP contribution >= 0.6 is 0 Å². The Morgan fingerprint density at radius 1 is 0.655 bits per heavy atom. The minimum absolute atomic E-state index is 0.0405. The summed E-state index contributed by atoms with van der Waals surface area (Å²) in [7, 11) is 2.11. The summed E-state index contributed by atoms with van der Waals surface area (Å²) in [5.41, 5.74) is 5.71. The highest BCUT2D eigenvalue weighted by atomic mass is 16.3. The Morgan fingerprint density at radius 3 is 1.86 bits per heavy atom. The second kappa shape index (κ2) is 8.76. The van der Waals surface area contributed by atoms with Crippen LogP contribution in [-0.2, 0) is 6.54 Å². The van der Waals surface area contributed by atoms with E-state index in [0.29, 0.717) is 5.75 Å². The summed E-state index contributed by atoms with van der Waals surface area (Å²) in [5.74, 6) is 0.324. The molecule has 0 aromatic heterocycles. The van der Waals surface area contributed by atoms with Gasteiger partial charge >= 0.3 is 0 Å². The minimum atomic E-state index is -0.0405. The average Bonchev–Trinajstić information content (AvgIpc) is 2.77. The van der Waals surface area contributed by atoms with E-state index in [-0.39, 0.29) is 6.04 Å². The van der Waals surface area contributed by atoms with Gasteiger partial charge in [-0.3, -0.25) is 4.90 Å². The lowest BCUT2D eigenvalue weighted by atomic mass is 9.94. The number of nitrogens with zero attached hydrogens (tertiary/aromatic N) is 1. The van der Waals surface area contributed by atoms with E-state index in [0.717, 1.165) is 17.7 Å². The number of hydrogen-bond acceptors (Lipinski definition) is 2. The second-order valence-corrected chi connectivity index (χ2v) is 7.35. The molecule has 0 fully saturated rings. The lowest BCUT2D eigenvalue weighted by Crippen LogP contribution is -2.25. The molecule has 1 N–H and O–H groups in total. The molecule has 2 heteroatoms. The zero-order valence-electron chi connectivity index (χ0n) is 16.6. The normalized spacial score (nSPS) is 12.1. The van der Waals surface area contributed by atoms with Crippen molar-refractivity contribution in [3.63, 3.8) is 0 Å². The van der Waals surface area contributed by atoms with Crippen molar-refractivity contribution in [3.8, 4) is 16.9 Å².